The maximum Gasteiger partial charge on any atom is 0.192 e. The molecule has 1 aromatic carbocycles. The Labute approximate surface area is 212 Å². The van der Waals surface area contributed by atoms with Crippen LogP contribution in [0.3, 0.4) is 0 Å². The maximum atomic E-state index is 6.94. The zero-order valence-electron chi connectivity index (χ0n) is 23.8. The fraction of sp³-hybridized carbons (Fsp3) is 0.724. The summed E-state index contributed by atoms with van der Waals surface area (Å²) in [6.07, 6.45) is 9.67. The lowest BCUT2D eigenvalue weighted by Crippen LogP contribution is -2.44. The van der Waals surface area contributed by atoms with Crippen LogP contribution in [0.1, 0.15) is 80.1 Å². The van der Waals surface area contributed by atoms with Crippen molar-refractivity contribution in [3.8, 4) is 0 Å². The summed E-state index contributed by atoms with van der Waals surface area (Å²) >= 11 is 0. The SMILES string of the molecule is C/C(=C\CCC(CCC[C@@H]1CCOC(C)(C)O1)O[Si](C)(C)C(C)(C)C)[Si](C)(C)c1ccccc1. The van der Waals surface area contributed by atoms with Crippen molar-refractivity contribution in [3.05, 3.63) is 41.6 Å². The molecule has 1 aliphatic rings. The highest BCUT2D eigenvalue weighted by molar-refractivity contribution is 6.95. The van der Waals surface area contributed by atoms with Crippen LogP contribution in [0, 0.1) is 0 Å². The lowest BCUT2D eigenvalue weighted by atomic mass is 10.0. The summed E-state index contributed by atoms with van der Waals surface area (Å²) in [6, 6.07) is 11.1. The molecule has 0 aliphatic carbocycles. The third kappa shape index (κ3) is 8.74. The molecule has 1 saturated heterocycles. The van der Waals surface area contributed by atoms with Crippen LogP contribution in [0.25, 0.3) is 0 Å². The van der Waals surface area contributed by atoms with Crippen molar-refractivity contribution in [3.63, 3.8) is 0 Å². The molecule has 0 bridgehead atoms. The van der Waals surface area contributed by atoms with Gasteiger partial charge >= 0.3 is 0 Å². The fourth-order valence-electron chi connectivity index (χ4n) is 4.39. The van der Waals surface area contributed by atoms with Crippen LogP contribution in [0.4, 0.5) is 0 Å². The molecule has 0 spiro atoms. The van der Waals surface area contributed by atoms with Crippen LogP contribution in [-0.2, 0) is 13.9 Å². The lowest BCUT2D eigenvalue weighted by molar-refractivity contribution is -0.274. The zero-order chi connectivity index (χ0) is 25.6. The second kappa shape index (κ2) is 12.0. The van der Waals surface area contributed by atoms with Gasteiger partial charge in [-0.25, -0.2) is 0 Å². The Morgan fingerprint density at radius 3 is 2.35 bits per heavy atom. The van der Waals surface area contributed by atoms with E-state index in [0.717, 1.165) is 45.1 Å². The van der Waals surface area contributed by atoms with E-state index >= 15 is 0 Å². The van der Waals surface area contributed by atoms with Gasteiger partial charge in [-0.3, -0.25) is 0 Å². The molecule has 0 radical (unpaired) electrons. The summed E-state index contributed by atoms with van der Waals surface area (Å²) in [7, 11) is -3.40. The van der Waals surface area contributed by atoms with Crippen molar-refractivity contribution >= 4 is 21.6 Å². The van der Waals surface area contributed by atoms with Crippen molar-refractivity contribution in [2.24, 2.45) is 0 Å². The first-order chi connectivity index (χ1) is 15.6. The molecule has 34 heavy (non-hydrogen) atoms. The van der Waals surface area contributed by atoms with Crippen LogP contribution < -0.4 is 5.19 Å². The minimum absolute atomic E-state index is 0.229. The predicted octanol–water partition coefficient (Wildman–Crippen LogP) is 7.97. The zero-order valence-corrected chi connectivity index (χ0v) is 25.8. The van der Waals surface area contributed by atoms with Gasteiger partial charge in [0.25, 0.3) is 0 Å². The number of allylic oxidation sites excluding steroid dienone is 2. The van der Waals surface area contributed by atoms with E-state index in [4.69, 9.17) is 13.9 Å². The smallest absolute Gasteiger partial charge is 0.192 e. The quantitative estimate of drug-likeness (QED) is 0.286. The molecular weight excluding hydrogens is 452 g/mol. The third-order valence-electron chi connectivity index (χ3n) is 8.08. The summed E-state index contributed by atoms with van der Waals surface area (Å²) in [5.41, 5.74) is 0. The van der Waals surface area contributed by atoms with Crippen molar-refractivity contribution < 1.29 is 13.9 Å². The van der Waals surface area contributed by atoms with E-state index in [2.05, 4.69) is 90.3 Å². The monoisotopic (exact) mass is 504 g/mol. The summed E-state index contributed by atoms with van der Waals surface area (Å²) in [4.78, 5) is 0. The molecule has 194 valence electrons. The number of rotatable bonds is 11. The van der Waals surface area contributed by atoms with Crippen LogP contribution >= 0.6 is 0 Å². The van der Waals surface area contributed by atoms with E-state index in [1.54, 1.807) is 5.20 Å². The average molecular weight is 505 g/mol. The Hall–Kier alpha value is -0.726. The second-order valence-electron chi connectivity index (χ2n) is 12.7. The molecule has 5 heteroatoms. The highest BCUT2D eigenvalue weighted by Crippen LogP contribution is 2.38. The molecule has 1 heterocycles. The minimum Gasteiger partial charge on any atom is -0.414 e. The van der Waals surface area contributed by atoms with Gasteiger partial charge in [0.05, 0.1) is 12.7 Å². The van der Waals surface area contributed by atoms with Crippen molar-refractivity contribution in [2.45, 2.75) is 129 Å². The van der Waals surface area contributed by atoms with E-state index < -0.39 is 22.2 Å². The number of ether oxygens (including phenoxy) is 2. The van der Waals surface area contributed by atoms with Crippen molar-refractivity contribution in [1.29, 1.82) is 0 Å². The van der Waals surface area contributed by atoms with Crippen molar-refractivity contribution in [1.82, 2.24) is 0 Å². The van der Waals surface area contributed by atoms with Gasteiger partial charge in [0.2, 0.25) is 0 Å². The van der Waals surface area contributed by atoms with E-state index in [0.29, 0.717) is 12.2 Å². The minimum atomic E-state index is -1.81. The summed E-state index contributed by atoms with van der Waals surface area (Å²) in [5, 5.41) is 3.31. The Morgan fingerprint density at radius 1 is 1.12 bits per heavy atom. The molecule has 0 amide bonds. The average Bonchev–Trinajstić information content (AvgIpc) is 2.72. The van der Waals surface area contributed by atoms with Gasteiger partial charge in [-0.1, -0.05) is 80.7 Å². The standard InChI is InChI=1S/C29H52O3Si2/c1-24(33(7,8)27-20-12-11-13-21-27)16-14-18-26(32-34(9,10)28(2,3)4)19-15-17-25-22-23-30-29(5,6)31-25/h11-13,16,20-21,25-26H,14-15,17-19,22-23H2,1-10H3/b24-16+/t25-,26?/m1/s1. The first-order valence-electron chi connectivity index (χ1n) is 13.4. The third-order valence-corrected chi connectivity index (χ3v) is 16.6. The molecule has 3 nitrogen and oxygen atoms in total. The Bertz CT molecular complexity index is 778. The van der Waals surface area contributed by atoms with Gasteiger partial charge in [0, 0.05) is 6.10 Å². The van der Waals surface area contributed by atoms with E-state index in [9.17, 15) is 0 Å². The van der Waals surface area contributed by atoms with E-state index in [-0.39, 0.29) is 5.04 Å². The number of hydrogen-bond acceptors (Lipinski definition) is 3. The van der Waals surface area contributed by atoms with E-state index in [1.807, 2.05) is 13.8 Å². The molecule has 1 aliphatic heterocycles. The molecule has 0 saturated carbocycles. The molecule has 1 fully saturated rings. The molecule has 1 aromatic rings. The van der Waals surface area contributed by atoms with Gasteiger partial charge in [-0.15, -0.1) is 0 Å². The van der Waals surface area contributed by atoms with Crippen LogP contribution in [0.5, 0.6) is 0 Å². The van der Waals surface area contributed by atoms with Gasteiger partial charge in [0.1, 0.15) is 8.07 Å². The van der Waals surface area contributed by atoms with Gasteiger partial charge < -0.3 is 13.9 Å². The molecular formula is C29H52O3Si2. The van der Waals surface area contributed by atoms with Crippen LogP contribution in [0.2, 0.25) is 31.2 Å². The highest BCUT2D eigenvalue weighted by atomic mass is 28.4. The molecule has 1 unspecified atom stereocenters. The fourth-order valence-corrected chi connectivity index (χ4v) is 7.94. The molecule has 0 aromatic heterocycles. The Balaban J connectivity index is 2.00. The Morgan fingerprint density at radius 2 is 1.76 bits per heavy atom. The lowest BCUT2D eigenvalue weighted by Gasteiger charge is -2.40. The summed E-state index contributed by atoms with van der Waals surface area (Å²) < 4.78 is 18.8. The van der Waals surface area contributed by atoms with E-state index in [1.165, 1.54) is 5.19 Å². The number of benzene rings is 1. The summed E-state index contributed by atoms with van der Waals surface area (Å²) in [6.45, 7) is 23.9. The predicted molar refractivity (Wildman–Crippen MR) is 152 cm³/mol. The van der Waals surface area contributed by atoms with Crippen molar-refractivity contribution in [2.75, 3.05) is 6.61 Å². The topological polar surface area (TPSA) is 27.7 Å². The number of hydrogen-bond donors (Lipinski definition) is 0. The second-order valence-corrected chi connectivity index (χ2v) is 22.0. The van der Waals surface area contributed by atoms with Crippen LogP contribution in [0.15, 0.2) is 41.6 Å². The molecule has 0 N–H and O–H groups in total. The van der Waals surface area contributed by atoms with Crippen LogP contribution in [-0.4, -0.2) is 41.0 Å². The maximum absolute atomic E-state index is 6.94. The molecule has 2 atom stereocenters. The van der Waals surface area contributed by atoms with Gasteiger partial charge in [-0.05, 0) is 77.4 Å². The van der Waals surface area contributed by atoms with Gasteiger partial charge in [0.15, 0.2) is 14.1 Å². The largest absolute Gasteiger partial charge is 0.414 e. The Kier molecular flexibility index (Phi) is 10.4. The first-order valence-corrected chi connectivity index (χ1v) is 19.3. The molecule has 2 rings (SSSR count). The normalized spacial score (nSPS) is 20.9. The van der Waals surface area contributed by atoms with Gasteiger partial charge in [-0.2, -0.15) is 0 Å². The first kappa shape index (κ1) is 29.5. The highest BCUT2D eigenvalue weighted by Gasteiger charge is 2.39. The summed E-state index contributed by atoms with van der Waals surface area (Å²) in [5.74, 6) is -0.447.